The van der Waals surface area contributed by atoms with Crippen LogP contribution in [-0.2, 0) is 13.6 Å². The largest absolute Gasteiger partial charge is 0.353 e. The summed E-state index contributed by atoms with van der Waals surface area (Å²) in [4.78, 5) is 11.0. The van der Waals surface area contributed by atoms with Crippen molar-refractivity contribution in [1.82, 2.24) is 25.0 Å². The lowest BCUT2D eigenvalue weighted by Crippen LogP contribution is -2.40. The zero-order valence-electron chi connectivity index (χ0n) is 14.3. The van der Waals surface area contributed by atoms with Gasteiger partial charge in [-0.3, -0.25) is 9.67 Å². The third kappa shape index (κ3) is 3.95. The molecule has 1 aromatic carbocycles. The van der Waals surface area contributed by atoms with Gasteiger partial charge in [-0.05, 0) is 31.0 Å². The van der Waals surface area contributed by atoms with Crippen LogP contribution in [-0.4, -0.2) is 45.3 Å². The minimum atomic E-state index is 0.443. The third-order valence-corrected chi connectivity index (χ3v) is 4.78. The molecule has 0 aliphatic heterocycles. The molecule has 128 valence electrons. The normalized spacial score (nSPS) is 20.1. The van der Waals surface area contributed by atoms with Gasteiger partial charge in [0.15, 0.2) is 5.96 Å². The van der Waals surface area contributed by atoms with Crippen LogP contribution in [0.2, 0.25) is 0 Å². The SMILES string of the molecule is CCN=C(NC1CC1c1ccc(Br)cc1)N(C)Cc1ncnn1C. The fraction of sp³-hybridized carbons (Fsp3) is 0.471. The summed E-state index contributed by atoms with van der Waals surface area (Å²) >= 11 is 3.49. The number of hydrogen-bond acceptors (Lipinski definition) is 3. The first kappa shape index (κ1) is 17.0. The number of guanidine groups is 1. The van der Waals surface area contributed by atoms with E-state index in [9.17, 15) is 0 Å². The van der Waals surface area contributed by atoms with Gasteiger partial charge in [-0.1, -0.05) is 28.1 Å². The van der Waals surface area contributed by atoms with Crippen molar-refractivity contribution in [3.05, 3.63) is 46.5 Å². The van der Waals surface area contributed by atoms with Crippen molar-refractivity contribution in [2.45, 2.75) is 31.8 Å². The molecule has 3 rings (SSSR count). The van der Waals surface area contributed by atoms with Crippen LogP contribution in [0.1, 0.15) is 30.7 Å². The van der Waals surface area contributed by atoms with E-state index in [1.165, 1.54) is 5.56 Å². The van der Waals surface area contributed by atoms with Crippen LogP contribution in [0.3, 0.4) is 0 Å². The maximum atomic E-state index is 4.62. The number of nitrogens with one attached hydrogen (secondary N) is 1. The van der Waals surface area contributed by atoms with Crippen molar-refractivity contribution in [2.75, 3.05) is 13.6 Å². The summed E-state index contributed by atoms with van der Waals surface area (Å²) in [5.74, 6) is 2.40. The smallest absolute Gasteiger partial charge is 0.194 e. The summed E-state index contributed by atoms with van der Waals surface area (Å²) in [5.41, 5.74) is 1.38. The quantitative estimate of drug-likeness (QED) is 0.629. The molecule has 0 spiro atoms. The van der Waals surface area contributed by atoms with Gasteiger partial charge in [0.05, 0.1) is 6.54 Å². The van der Waals surface area contributed by atoms with Crippen LogP contribution in [0, 0.1) is 0 Å². The van der Waals surface area contributed by atoms with Gasteiger partial charge in [0.1, 0.15) is 12.2 Å². The van der Waals surface area contributed by atoms with Gasteiger partial charge in [-0.25, -0.2) is 4.98 Å². The van der Waals surface area contributed by atoms with Crippen LogP contribution in [0.5, 0.6) is 0 Å². The molecule has 1 fully saturated rings. The Balaban J connectivity index is 1.62. The molecule has 0 saturated heterocycles. The highest BCUT2D eigenvalue weighted by molar-refractivity contribution is 9.10. The Hall–Kier alpha value is -1.89. The Morgan fingerprint density at radius 1 is 1.42 bits per heavy atom. The molecule has 7 heteroatoms. The molecule has 0 radical (unpaired) electrons. The van der Waals surface area contributed by atoms with E-state index in [4.69, 9.17) is 0 Å². The van der Waals surface area contributed by atoms with Crippen LogP contribution < -0.4 is 5.32 Å². The third-order valence-electron chi connectivity index (χ3n) is 4.26. The van der Waals surface area contributed by atoms with E-state index in [1.54, 1.807) is 11.0 Å². The summed E-state index contributed by atoms with van der Waals surface area (Å²) < 4.78 is 2.91. The zero-order chi connectivity index (χ0) is 17.1. The standard InChI is InChI=1S/C17H23BrN6/c1-4-19-17(23(2)10-16-20-11-21-24(16)3)22-15-9-14(15)12-5-7-13(18)8-6-12/h5-8,11,14-15H,4,9-10H2,1-3H3,(H,19,22). The lowest BCUT2D eigenvalue weighted by Gasteiger charge is -2.22. The first-order valence-electron chi connectivity index (χ1n) is 8.19. The van der Waals surface area contributed by atoms with Crippen molar-refractivity contribution in [2.24, 2.45) is 12.0 Å². The Kier molecular flexibility index (Phi) is 5.18. The average Bonchev–Trinajstić information content (AvgIpc) is 3.22. The van der Waals surface area contributed by atoms with Crippen LogP contribution in [0.15, 0.2) is 40.1 Å². The van der Waals surface area contributed by atoms with Gasteiger partial charge >= 0.3 is 0 Å². The molecule has 1 heterocycles. The molecule has 1 aliphatic rings. The first-order valence-corrected chi connectivity index (χ1v) is 8.98. The molecule has 1 saturated carbocycles. The fourth-order valence-electron chi connectivity index (χ4n) is 2.78. The van der Waals surface area contributed by atoms with Gasteiger partial charge in [0.25, 0.3) is 0 Å². The van der Waals surface area contributed by atoms with Crippen molar-refractivity contribution in [1.29, 1.82) is 0 Å². The number of aromatic nitrogens is 3. The number of aliphatic imine (C=N–C) groups is 1. The highest BCUT2D eigenvalue weighted by Crippen LogP contribution is 2.41. The molecular formula is C17H23BrN6. The highest BCUT2D eigenvalue weighted by atomic mass is 79.9. The lowest BCUT2D eigenvalue weighted by molar-refractivity contribution is 0.446. The zero-order valence-corrected chi connectivity index (χ0v) is 15.9. The molecule has 6 nitrogen and oxygen atoms in total. The van der Waals surface area contributed by atoms with Gasteiger partial charge < -0.3 is 10.2 Å². The summed E-state index contributed by atoms with van der Waals surface area (Å²) in [6.07, 6.45) is 2.72. The maximum absolute atomic E-state index is 4.62. The Bertz CT molecular complexity index is 708. The minimum absolute atomic E-state index is 0.443. The second-order valence-electron chi connectivity index (χ2n) is 6.10. The molecular weight excluding hydrogens is 368 g/mol. The Morgan fingerprint density at radius 3 is 2.79 bits per heavy atom. The monoisotopic (exact) mass is 390 g/mol. The Morgan fingerprint density at radius 2 is 2.17 bits per heavy atom. The predicted molar refractivity (Wildman–Crippen MR) is 98.9 cm³/mol. The highest BCUT2D eigenvalue weighted by Gasteiger charge is 2.39. The average molecular weight is 391 g/mol. The van der Waals surface area contributed by atoms with Gasteiger partial charge in [-0.15, -0.1) is 0 Å². The predicted octanol–water partition coefficient (Wildman–Crippen LogP) is 2.53. The number of hydrogen-bond donors (Lipinski definition) is 1. The second-order valence-corrected chi connectivity index (χ2v) is 7.01. The molecule has 2 atom stereocenters. The maximum Gasteiger partial charge on any atom is 0.194 e. The van der Waals surface area contributed by atoms with E-state index < -0.39 is 0 Å². The minimum Gasteiger partial charge on any atom is -0.353 e. The van der Waals surface area contributed by atoms with Gasteiger partial charge in [0.2, 0.25) is 0 Å². The van der Waals surface area contributed by atoms with E-state index in [1.807, 2.05) is 14.1 Å². The molecule has 0 amide bonds. The molecule has 1 aliphatic carbocycles. The lowest BCUT2D eigenvalue weighted by atomic mass is 10.1. The first-order chi connectivity index (χ1) is 11.6. The number of halogens is 1. The Labute approximate surface area is 151 Å². The fourth-order valence-corrected chi connectivity index (χ4v) is 3.04. The van der Waals surface area contributed by atoms with Crippen molar-refractivity contribution in [3.8, 4) is 0 Å². The molecule has 2 unspecified atom stereocenters. The van der Waals surface area contributed by atoms with Crippen LogP contribution in [0.4, 0.5) is 0 Å². The summed E-state index contributed by atoms with van der Waals surface area (Å²) in [5, 5.41) is 7.72. The van der Waals surface area contributed by atoms with E-state index in [0.717, 1.165) is 29.2 Å². The van der Waals surface area contributed by atoms with E-state index in [2.05, 4.69) is 72.4 Å². The van der Waals surface area contributed by atoms with Gasteiger partial charge in [-0.2, -0.15) is 5.10 Å². The summed E-state index contributed by atoms with van der Waals surface area (Å²) in [6, 6.07) is 9.03. The topological polar surface area (TPSA) is 58.3 Å². The van der Waals surface area contributed by atoms with Crippen molar-refractivity contribution in [3.63, 3.8) is 0 Å². The number of rotatable bonds is 5. The number of nitrogens with zero attached hydrogens (tertiary/aromatic N) is 5. The summed E-state index contributed by atoms with van der Waals surface area (Å²) in [7, 11) is 3.94. The molecule has 0 bridgehead atoms. The number of benzene rings is 1. The number of aryl methyl sites for hydroxylation is 1. The molecule has 1 aromatic heterocycles. The van der Waals surface area contributed by atoms with E-state index in [0.29, 0.717) is 18.5 Å². The molecule has 2 aromatic rings. The molecule has 1 N–H and O–H groups in total. The van der Waals surface area contributed by atoms with E-state index >= 15 is 0 Å². The van der Waals surface area contributed by atoms with Crippen molar-refractivity contribution < 1.29 is 0 Å². The van der Waals surface area contributed by atoms with E-state index in [-0.39, 0.29) is 0 Å². The van der Waals surface area contributed by atoms with Crippen LogP contribution >= 0.6 is 15.9 Å². The molecule has 24 heavy (non-hydrogen) atoms. The van der Waals surface area contributed by atoms with Crippen LogP contribution in [0.25, 0.3) is 0 Å². The second kappa shape index (κ2) is 7.34. The van der Waals surface area contributed by atoms with Gasteiger partial charge in [0, 0.05) is 37.1 Å². The van der Waals surface area contributed by atoms with Crippen molar-refractivity contribution >= 4 is 21.9 Å². The summed E-state index contributed by atoms with van der Waals surface area (Å²) in [6.45, 7) is 3.48.